The average molecular weight is 1490 g/mol. The quantitative estimate of drug-likeness (QED) is 0.115. The molecule has 0 bridgehead atoms. The number of para-hydroxylation sites is 9. The summed E-state index contributed by atoms with van der Waals surface area (Å²) in [4.78, 5) is 5.07. The lowest BCUT2D eigenvalue weighted by atomic mass is 9.95. The molecule has 7 heteroatoms. The summed E-state index contributed by atoms with van der Waals surface area (Å²) in [5.74, 6) is 0. The molecule has 0 spiro atoms. The standard InChI is InChI=1S/C110H71N7/c1-6-34-74(35-7-1)113-101-52-24-20-46-89(101)93-64-79(56-60-105(93)113)111(83-68-97(87-50-28-32-72-30-16-18-44-85(72)87)109-99(70-83)91-48-22-26-54-103(91)116(109)77-40-12-4-13-41-77)81-58-62-107-95(66-81)96-67-82(59-63-108(96)115(107)76-38-10-3-11-39-76)112(80-57-61-106-94(65-80)90-47-21-25-53-102(90)114(106)75-36-8-2-9-37-75)84-69-98(88-51-29-33-73-31-17-19-45-86(73)88)110-100(71-84)92-49-23-27-55-104(92)117(110)78-42-14-5-15-43-78/h1-71H. The molecule has 0 aliphatic heterocycles. The van der Waals surface area contributed by atoms with Crippen LogP contribution in [0.5, 0.6) is 0 Å². The Morgan fingerprint density at radius 2 is 0.368 bits per heavy atom. The molecule has 0 fully saturated rings. The second-order valence-corrected chi connectivity index (χ2v) is 30.7. The molecule has 0 amide bonds. The van der Waals surface area contributed by atoms with Gasteiger partial charge in [0.2, 0.25) is 0 Å². The van der Waals surface area contributed by atoms with Crippen LogP contribution in [0.4, 0.5) is 34.1 Å². The smallest absolute Gasteiger partial charge is 0.0621 e. The number of rotatable bonds is 13. The van der Waals surface area contributed by atoms with Gasteiger partial charge in [-0.15, -0.1) is 0 Å². The van der Waals surface area contributed by atoms with Gasteiger partial charge in [0.15, 0.2) is 0 Å². The van der Waals surface area contributed by atoms with Gasteiger partial charge in [-0.05, 0) is 215 Å². The molecule has 0 saturated carbocycles. The van der Waals surface area contributed by atoms with Gasteiger partial charge in [0.05, 0.1) is 55.2 Å². The molecule has 7 nitrogen and oxygen atoms in total. The molecule has 5 aromatic heterocycles. The fourth-order valence-corrected chi connectivity index (χ4v) is 19.4. The van der Waals surface area contributed by atoms with E-state index in [9.17, 15) is 0 Å². The van der Waals surface area contributed by atoms with Gasteiger partial charge in [0.1, 0.15) is 0 Å². The van der Waals surface area contributed by atoms with Gasteiger partial charge in [0, 0.05) is 128 Å². The van der Waals surface area contributed by atoms with Crippen molar-refractivity contribution in [3.63, 3.8) is 0 Å². The summed E-state index contributed by atoms with van der Waals surface area (Å²) in [6.07, 6.45) is 0. The molecule has 546 valence electrons. The fraction of sp³-hybridized carbons (Fsp3) is 0. The van der Waals surface area contributed by atoms with Crippen LogP contribution in [-0.4, -0.2) is 22.8 Å². The summed E-state index contributed by atoms with van der Waals surface area (Å²) < 4.78 is 12.3. The zero-order valence-electron chi connectivity index (χ0n) is 63.6. The minimum absolute atomic E-state index is 1.01. The lowest BCUT2D eigenvalue weighted by molar-refractivity contribution is 1.17. The van der Waals surface area contributed by atoms with Crippen molar-refractivity contribution >= 4 is 165 Å². The molecule has 0 atom stereocenters. The van der Waals surface area contributed by atoms with Crippen molar-refractivity contribution in [2.75, 3.05) is 9.80 Å². The number of anilines is 6. The zero-order valence-corrected chi connectivity index (χ0v) is 63.6. The van der Waals surface area contributed by atoms with Crippen LogP contribution >= 0.6 is 0 Å². The van der Waals surface area contributed by atoms with Crippen molar-refractivity contribution in [3.8, 4) is 50.7 Å². The number of hydrogen-bond donors (Lipinski definition) is 0. The van der Waals surface area contributed by atoms with Gasteiger partial charge in [-0.1, -0.05) is 249 Å². The molecule has 24 aromatic rings. The van der Waals surface area contributed by atoms with Crippen molar-refractivity contribution in [1.82, 2.24) is 22.8 Å². The summed E-state index contributed by atoms with van der Waals surface area (Å²) in [5, 5.41) is 16.3. The molecule has 19 aromatic carbocycles. The molecule has 24 rings (SSSR count). The number of aromatic nitrogens is 5. The first-order valence-corrected chi connectivity index (χ1v) is 40.2. The van der Waals surface area contributed by atoms with Gasteiger partial charge >= 0.3 is 0 Å². The Kier molecular flexibility index (Phi) is 14.9. The maximum atomic E-state index is 2.54. The largest absolute Gasteiger partial charge is 0.310 e. The lowest BCUT2D eigenvalue weighted by Crippen LogP contribution is -2.11. The Labute approximate surface area is 674 Å². The molecular formula is C110H71N7. The highest BCUT2D eigenvalue weighted by Crippen LogP contribution is 2.52. The minimum atomic E-state index is 1.01. The summed E-state index contributed by atoms with van der Waals surface area (Å²) in [6.45, 7) is 0. The predicted octanol–water partition coefficient (Wildman–Crippen LogP) is 29.8. The molecule has 117 heavy (non-hydrogen) atoms. The summed E-state index contributed by atoms with van der Waals surface area (Å²) in [7, 11) is 0. The second kappa shape index (κ2) is 26.5. The van der Waals surface area contributed by atoms with Gasteiger partial charge < -0.3 is 32.6 Å². The highest BCUT2D eigenvalue weighted by molar-refractivity contribution is 6.21. The van der Waals surface area contributed by atoms with E-state index in [1.54, 1.807) is 0 Å². The van der Waals surface area contributed by atoms with Gasteiger partial charge in [-0.3, -0.25) is 0 Å². The van der Waals surface area contributed by atoms with E-state index in [4.69, 9.17) is 0 Å². The topological polar surface area (TPSA) is 31.1 Å². The van der Waals surface area contributed by atoms with Crippen molar-refractivity contribution in [2.24, 2.45) is 0 Å². The Morgan fingerprint density at radius 1 is 0.137 bits per heavy atom. The second-order valence-electron chi connectivity index (χ2n) is 30.7. The number of fused-ring (bicyclic) bond motifs is 17. The van der Waals surface area contributed by atoms with E-state index < -0.39 is 0 Å². The Morgan fingerprint density at radius 3 is 0.692 bits per heavy atom. The van der Waals surface area contributed by atoms with Crippen molar-refractivity contribution in [3.05, 3.63) is 431 Å². The molecule has 5 heterocycles. The monoisotopic (exact) mass is 1490 g/mol. The third-order valence-electron chi connectivity index (χ3n) is 24.3. The maximum absolute atomic E-state index is 2.54. The van der Waals surface area contributed by atoms with Gasteiger partial charge in [-0.25, -0.2) is 0 Å². The third-order valence-corrected chi connectivity index (χ3v) is 24.3. The Bertz CT molecular complexity index is 7660. The van der Waals surface area contributed by atoms with Gasteiger partial charge in [0.25, 0.3) is 0 Å². The summed E-state index contributed by atoms with van der Waals surface area (Å²) in [6, 6.07) is 160. The molecule has 0 N–H and O–H groups in total. The normalized spacial score (nSPS) is 11.9. The van der Waals surface area contributed by atoms with Gasteiger partial charge in [-0.2, -0.15) is 0 Å². The van der Waals surface area contributed by atoms with Crippen LogP contribution in [0.15, 0.2) is 431 Å². The molecule has 0 aliphatic carbocycles. The van der Waals surface area contributed by atoms with Crippen LogP contribution in [0.2, 0.25) is 0 Å². The highest BCUT2D eigenvalue weighted by Gasteiger charge is 2.29. The van der Waals surface area contributed by atoms with Crippen LogP contribution in [0, 0.1) is 0 Å². The van der Waals surface area contributed by atoms with Crippen LogP contribution < -0.4 is 9.80 Å². The predicted molar refractivity (Wildman–Crippen MR) is 493 cm³/mol. The molecule has 0 saturated heterocycles. The third kappa shape index (κ3) is 10.3. The van der Waals surface area contributed by atoms with Crippen LogP contribution in [0.1, 0.15) is 0 Å². The van der Waals surface area contributed by atoms with Crippen LogP contribution in [0.3, 0.4) is 0 Å². The molecular weight excluding hydrogens is 1420 g/mol. The fourth-order valence-electron chi connectivity index (χ4n) is 19.4. The van der Waals surface area contributed by atoms with E-state index in [1.165, 1.54) is 43.1 Å². The SMILES string of the molecule is c1ccc(-n2c3ccccc3c3cc(N(c4ccc5c(c4)c4cc(N(c6ccc7c(c6)c6ccccc6n7-c6ccccc6)c6cc(-c7cccc8ccccc78)c7c(c6)c6ccccc6n7-c6ccccc6)ccc4n5-c4ccccc4)c4cc(-c5cccc6ccccc56)c5c(c4)c4ccccc4n5-c4ccccc4)ccc32)cc1. The van der Waals surface area contributed by atoms with Crippen molar-refractivity contribution < 1.29 is 0 Å². The van der Waals surface area contributed by atoms with Crippen LogP contribution in [-0.2, 0) is 0 Å². The van der Waals surface area contributed by atoms with Crippen LogP contribution in [0.25, 0.3) is 181 Å². The van der Waals surface area contributed by atoms with E-state index in [2.05, 4.69) is 463 Å². The summed E-state index contributed by atoms with van der Waals surface area (Å²) >= 11 is 0. The minimum Gasteiger partial charge on any atom is -0.310 e. The first-order chi connectivity index (χ1) is 58.1. The number of benzene rings is 19. The Balaban J connectivity index is 0.803. The van der Waals surface area contributed by atoms with E-state index in [0.29, 0.717) is 0 Å². The van der Waals surface area contributed by atoms with Crippen molar-refractivity contribution in [1.29, 1.82) is 0 Å². The molecule has 0 unspecified atom stereocenters. The van der Waals surface area contributed by atoms with E-state index in [1.807, 2.05) is 0 Å². The zero-order chi connectivity index (χ0) is 76.8. The lowest BCUT2D eigenvalue weighted by Gasteiger charge is -2.28. The van der Waals surface area contributed by atoms with E-state index in [-0.39, 0.29) is 0 Å². The first-order valence-electron chi connectivity index (χ1n) is 40.2. The summed E-state index contributed by atoms with van der Waals surface area (Å²) in [5.41, 5.74) is 27.6. The average Bonchev–Trinajstić information content (AvgIpc) is 1.70. The number of hydrogen-bond acceptors (Lipinski definition) is 2. The Hall–Kier alpha value is -15.7. The maximum Gasteiger partial charge on any atom is 0.0621 e. The molecule has 0 radical (unpaired) electrons. The highest BCUT2D eigenvalue weighted by atomic mass is 15.2. The number of nitrogens with zero attached hydrogens (tertiary/aromatic N) is 7. The van der Waals surface area contributed by atoms with Crippen molar-refractivity contribution in [2.45, 2.75) is 0 Å². The first kappa shape index (κ1) is 66.0. The van der Waals surface area contributed by atoms with E-state index >= 15 is 0 Å². The molecule has 0 aliphatic rings. The van der Waals surface area contributed by atoms with E-state index in [0.717, 1.165) is 172 Å².